The smallest absolute Gasteiger partial charge is 0.269 e. The van der Waals surface area contributed by atoms with Crippen LogP contribution in [0.1, 0.15) is 28.4 Å². The summed E-state index contributed by atoms with van der Waals surface area (Å²) in [7, 11) is 0. The lowest BCUT2D eigenvalue weighted by molar-refractivity contribution is -0.121. The molecule has 0 saturated carbocycles. The number of rotatable bonds is 4. The number of benzene rings is 2. The molecule has 2 aromatic carbocycles. The minimum Gasteiger partial charge on any atom is -0.273 e. The third-order valence-electron chi connectivity index (χ3n) is 3.25. The topological polar surface area (TPSA) is 58.2 Å². The number of carbonyl (C=O) groups is 2. The van der Waals surface area contributed by atoms with Crippen LogP contribution in [0.5, 0.6) is 0 Å². The van der Waals surface area contributed by atoms with Crippen molar-refractivity contribution in [3.05, 3.63) is 71.0 Å². The van der Waals surface area contributed by atoms with Gasteiger partial charge in [-0.3, -0.25) is 20.4 Å². The summed E-state index contributed by atoms with van der Waals surface area (Å²) in [6, 6.07) is 13.1. The third-order valence-corrected chi connectivity index (χ3v) is 3.25. The molecule has 0 heterocycles. The second-order valence-corrected chi connectivity index (χ2v) is 4.82. The Kier molecular flexibility index (Phi) is 5.25. The monoisotopic (exact) mass is 300 g/mol. The van der Waals surface area contributed by atoms with Crippen LogP contribution in [0.25, 0.3) is 0 Å². The fourth-order valence-corrected chi connectivity index (χ4v) is 1.95. The minimum absolute atomic E-state index is 0.137. The lowest BCUT2D eigenvalue weighted by Crippen LogP contribution is -2.42. The summed E-state index contributed by atoms with van der Waals surface area (Å²) in [5.41, 5.74) is 6.45. The zero-order valence-electron chi connectivity index (χ0n) is 12.2. The summed E-state index contributed by atoms with van der Waals surface area (Å²) >= 11 is 0. The second-order valence-electron chi connectivity index (χ2n) is 4.82. The molecule has 22 heavy (non-hydrogen) atoms. The molecule has 4 nitrogen and oxygen atoms in total. The van der Waals surface area contributed by atoms with Gasteiger partial charge in [-0.15, -0.1) is 0 Å². The van der Waals surface area contributed by atoms with Crippen LogP contribution in [0.15, 0.2) is 48.5 Å². The molecule has 0 atom stereocenters. The van der Waals surface area contributed by atoms with E-state index in [4.69, 9.17) is 0 Å². The highest BCUT2D eigenvalue weighted by molar-refractivity contribution is 5.95. The first-order valence-electron chi connectivity index (χ1n) is 7.01. The number of hydrazine groups is 1. The van der Waals surface area contributed by atoms with Gasteiger partial charge in [0.05, 0.1) is 6.42 Å². The van der Waals surface area contributed by atoms with Crippen molar-refractivity contribution in [2.75, 3.05) is 0 Å². The molecular weight excluding hydrogens is 283 g/mol. The number of halogens is 1. The molecule has 0 aromatic heterocycles. The molecule has 0 bridgehead atoms. The van der Waals surface area contributed by atoms with E-state index in [1.165, 1.54) is 12.1 Å². The summed E-state index contributed by atoms with van der Waals surface area (Å²) < 4.78 is 13.4. The van der Waals surface area contributed by atoms with E-state index in [2.05, 4.69) is 10.9 Å². The molecule has 0 spiro atoms. The van der Waals surface area contributed by atoms with E-state index in [0.717, 1.165) is 12.0 Å². The molecule has 0 aliphatic carbocycles. The highest BCUT2D eigenvalue weighted by atomic mass is 19.1. The summed E-state index contributed by atoms with van der Waals surface area (Å²) in [5, 5.41) is 0. The highest BCUT2D eigenvalue weighted by Gasteiger charge is 2.10. The Morgan fingerprint density at radius 1 is 1.00 bits per heavy atom. The van der Waals surface area contributed by atoms with Crippen molar-refractivity contribution in [3.63, 3.8) is 0 Å². The molecule has 5 heteroatoms. The van der Waals surface area contributed by atoms with Gasteiger partial charge in [-0.05, 0) is 35.7 Å². The van der Waals surface area contributed by atoms with Gasteiger partial charge in [-0.2, -0.15) is 0 Å². The van der Waals surface area contributed by atoms with Gasteiger partial charge in [0.25, 0.3) is 5.91 Å². The van der Waals surface area contributed by atoms with E-state index >= 15 is 0 Å². The maximum absolute atomic E-state index is 13.4. The molecule has 114 valence electrons. The molecule has 2 N–H and O–H groups in total. The molecule has 0 aliphatic heterocycles. The van der Waals surface area contributed by atoms with Crippen LogP contribution in [0.2, 0.25) is 0 Å². The Hall–Kier alpha value is -2.69. The van der Waals surface area contributed by atoms with E-state index in [1.54, 1.807) is 24.3 Å². The van der Waals surface area contributed by atoms with Gasteiger partial charge in [0.1, 0.15) is 5.82 Å². The van der Waals surface area contributed by atoms with Crippen LogP contribution < -0.4 is 10.9 Å². The average Bonchev–Trinajstić information content (AvgIpc) is 2.55. The summed E-state index contributed by atoms with van der Waals surface area (Å²) in [5.74, 6) is -1.34. The van der Waals surface area contributed by atoms with Crippen molar-refractivity contribution >= 4 is 11.8 Å². The van der Waals surface area contributed by atoms with Gasteiger partial charge in [0.2, 0.25) is 5.91 Å². The summed E-state index contributed by atoms with van der Waals surface area (Å²) in [6.45, 7) is 2.03. The van der Waals surface area contributed by atoms with Crippen molar-refractivity contribution in [1.82, 2.24) is 10.9 Å². The van der Waals surface area contributed by atoms with Crippen molar-refractivity contribution in [2.45, 2.75) is 19.8 Å². The Morgan fingerprint density at radius 3 is 2.32 bits per heavy atom. The third kappa shape index (κ3) is 4.15. The minimum atomic E-state index is -0.483. The first-order valence-corrected chi connectivity index (χ1v) is 7.01. The molecule has 0 unspecified atom stereocenters. The van der Waals surface area contributed by atoms with Crippen LogP contribution in [-0.2, 0) is 17.6 Å². The largest absolute Gasteiger partial charge is 0.273 e. The van der Waals surface area contributed by atoms with Gasteiger partial charge in [-0.25, -0.2) is 4.39 Å². The number of aryl methyl sites for hydroxylation is 1. The van der Waals surface area contributed by atoms with Gasteiger partial charge < -0.3 is 0 Å². The zero-order valence-corrected chi connectivity index (χ0v) is 12.2. The quantitative estimate of drug-likeness (QED) is 0.852. The normalized spacial score (nSPS) is 10.1. The Bertz CT molecular complexity index is 669. The molecular formula is C17H17FN2O2. The van der Waals surface area contributed by atoms with Crippen molar-refractivity contribution in [2.24, 2.45) is 0 Å². The summed E-state index contributed by atoms with van der Waals surface area (Å²) in [6.07, 6.45) is 0.753. The van der Waals surface area contributed by atoms with Crippen LogP contribution in [0.4, 0.5) is 4.39 Å². The SMILES string of the molecule is CCc1ccc(C(=O)NNC(=O)Cc2ccccc2F)cc1. The highest BCUT2D eigenvalue weighted by Crippen LogP contribution is 2.07. The van der Waals surface area contributed by atoms with Crippen molar-refractivity contribution in [1.29, 1.82) is 0 Å². The summed E-state index contributed by atoms with van der Waals surface area (Å²) in [4.78, 5) is 23.6. The zero-order chi connectivity index (χ0) is 15.9. The van der Waals surface area contributed by atoms with Crippen LogP contribution >= 0.6 is 0 Å². The van der Waals surface area contributed by atoms with E-state index in [-0.39, 0.29) is 12.0 Å². The number of nitrogens with one attached hydrogen (secondary N) is 2. The van der Waals surface area contributed by atoms with Crippen molar-refractivity contribution < 1.29 is 14.0 Å². The van der Waals surface area contributed by atoms with Crippen LogP contribution in [0, 0.1) is 5.82 Å². The van der Waals surface area contributed by atoms with E-state index in [1.807, 2.05) is 19.1 Å². The van der Waals surface area contributed by atoms with Gasteiger partial charge in [0.15, 0.2) is 0 Å². The van der Waals surface area contributed by atoms with Crippen LogP contribution in [0.3, 0.4) is 0 Å². The predicted molar refractivity (Wildman–Crippen MR) is 81.5 cm³/mol. The lowest BCUT2D eigenvalue weighted by atomic mass is 10.1. The van der Waals surface area contributed by atoms with Crippen LogP contribution in [-0.4, -0.2) is 11.8 Å². The predicted octanol–water partition coefficient (Wildman–Crippen LogP) is 2.39. The molecule has 0 saturated heterocycles. The second kappa shape index (κ2) is 7.36. The maximum atomic E-state index is 13.4. The number of hydrogen-bond acceptors (Lipinski definition) is 2. The Morgan fingerprint density at radius 2 is 1.68 bits per heavy atom. The van der Waals surface area contributed by atoms with E-state index in [0.29, 0.717) is 5.56 Å². The molecule has 0 fully saturated rings. The number of hydrogen-bond donors (Lipinski definition) is 2. The molecule has 0 radical (unpaired) electrons. The first-order chi connectivity index (χ1) is 10.6. The first kappa shape index (κ1) is 15.7. The molecule has 2 aromatic rings. The molecule has 0 aliphatic rings. The standard InChI is InChI=1S/C17H17FN2O2/c1-2-12-7-9-13(10-8-12)17(22)20-19-16(21)11-14-5-3-4-6-15(14)18/h3-10H,2,11H2,1H3,(H,19,21)(H,20,22). The fraction of sp³-hybridized carbons (Fsp3) is 0.176. The Balaban J connectivity index is 1.87. The van der Waals surface area contributed by atoms with E-state index < -0.39 is 17.6 Å². The van der Waals surface area contributed by atoms with E-state index in [9.17, 15) is 14.0 Å². The molecule has 2 rings (SSSR count). The number of carbonyl (C=O) groups excluding carboxylic acids is 2. The maximum Gasteiger partial charge on any atom is 0.269 e. The Labute approximate surface area is 128 Å². The molecule has 2 amide bonds. The van der Waals surface area contributed by atoms with Crippen molar-refractivity contribution in [3.8, 4) is 0 Å². The number of amides is 2. The fourth-order valence-electron chi connectivity index (χ4n) is 1.95. The average molecular weight is 300 g/mol. The van der Waals surface area contributed by atoms with Gasteiger partial charge >= 0.3 is 0 Å². The van der Waals surface area contributed by atoms with Gasteiger partial charge in [0, 0.05) is 5.56 Å². The van der Waals surface area contributed by atoms with Gasteiger partial charge in [-0.1, -0.05) is 37.3 Å². The lowest BCUT2D eigenvalue weighted by Gasteiger charge is -2.08.